The molecule has 1 aromatic carbocycles. The van der Waals surface area contributed by atoms with Crippen LogP contribution in [0.25, 0.3) is 10.6 Å². The van der Waals surface area contributed by atoms with Crippen molar-refractivity contribution in [1.82, 2.24) is 4.98 Å². The molecule has 0 radical (unpaired) electrons. The van der Waals surface area contributed by atoms with Crippen LogP contribution in [-0.2, 0) is 16.1 Å². The van der Waals surface area contributed by atoms with Gasteiger partial charge in [-0.2, -0.15) is 0 Å². The number of aliphatic carboxylic acids is 1. The molecule has 0 amide bonds. The Morgan fingerprint density at radius 2 is 2.11 bits per heavy atom. The van der Waals surface area contributed by atoms with Crippen LogP contribution in [0.15, 0.2) is 24.3 Å². The van der Waals surface area contributed by atoms with Gasteiger partial charge in [-0.05, 0) is 31.2 Å². The number of ether oxygens (including phenoxy) is 1. The number of carboxylic acid groups (broad SMARTS) is 1. The minimum atomic E-state index is -0.999. The third-order valence-corrected chi connectivity index (χ3v) is 3.62. The second-order valence-electron chi connectivity index (χ2n) is 3.92. The normalized spacial score (nSPS) is 10.6. The van der Waals surface area contributed by atoms with Gasteiger partial charge in [0.1, 0.15) is 17.4 Å². The first-order valence-electron chi connectivity index (χ1n) is 5.58. The predicted molar refractivity (Wildman–Crippen MR) is 69.5 cm³/mol. The maximum atomic E-state index is 12.8. The Balaban J connectivity index is 2.12. The van der Waals surface area contributed by atoms with Crippen molar-refractivity contribution in [3.8, 4) is 10.6 Å². The molecular formula is C13H12FNO3S. The van der Waals surface area contributed by atoms with Crippen molar-refractivity contribution in [2.45, 2.75) is 13.5 Å². The molecule has 1 N–H and O–H groups in total. The minimum Gasteiger partial charge on any atom is -0.480 e. The lowest BCUT2D eigenvalue weighted by Crippen LogP contribution is -2.06. The first-order chi connectivity index (χ1) is 9.06. The van der Waals surface area contributed by atoms with E-state index in [1.807, 2.05) is 6.92 Å². The Morgan fingerprint density at radius 3 is 2.74 bits per heavy atom. The summed E-state index contributed by atoms with van der Waals surface area (Å²) >= 11 is 1.42. The van der Waals surface area contributed by atoms with Crippen LogP contribution in [0.3, 0.4) is 0 Å². The Kier molecular flexibility index (Phi) is 4.24. The van der Waals surface area contributed by atoms with Crippen LogP contribution in [0, 0.1) is 12.7 Å². The van der Waals surface area contributed by atoms with Crippen LogP contribution in [0.4, 0.5) is 4.39 Å². The summed E-state index contributed by atoms with van der Waals surface area (Å²) in [6.07, 6.45) is 0. The molecule has 0 aliphatic carbocycles. The van der Waals surface area contributed by atoms with Gasteiger partial charge in [-0.1, -0.05) is 0 Å². The molecule has 0 aliphatic heterocycles. The number of carbonyl (C=O) groups is 1. The SMILES string of the molecule is Cc1nc(-c2ccc(F)cc2)sc1COCC(=O)O. The molecule has 19 heavy (non-hydrogen) atoms. The average Bonchev–Trinajstić information content (AvgIpc) is 2.71. The fourth-order valence-corrected chi connectivity index (χ4v) is 2.51. The molecule has 2 rings (SSSR count). The van der Waals surface area contributed by atoms with Crippen LogP contribution in [0.5, 0.6) is 0 Å². The van der Waals surface area contributed by atoms with E-state index >= 15 is 0 Å². The number of halogens is 1. The summed E-state index contributed by atoms with van der Waals surface area (Å²) in [6, 6.07) is 6.09. The van der Waals surface area contributed by atoms with Gasteiger partial charge in [0, 0.05) is 5.56 Å². The second-order valence-corrected chi connectivity index (χ2v) is 5.00. The molecule has 0 saturated carbocycles. The number of carboxylic acids is 1. The van der Waals surface area contributed by atoms with Gasteiger partial charge in [0.25, 0.3) is 0 Å². The maximum absolute atomic E-state index is 12.8. The van der Waals surface area contributed by atoms with Crippen LogP contribution in [0.1, 0.15) is 10.6 Å². The fourth-order valence-electron chi connectivity index (χ4n) is 1.51. The predicted octanol–water partition coefficient (Wildman–Crippen LogP) is 2.86. The van der Waals surface area contributed by atoms with Crippen molar-refractivity contribution < 1.29 is 19.0 Å². The Hall–Kier alpha value is -1.79. The van der Waals surface area contributed by atoms with Crippen molar-refractivity contribution in [2.24, 2.45) is 0 Å². The molecule has 0 fully saturated rings. The highest BCUT2D eigenvalue weighted by atomic mass is 32.1. The topological polar surface area (TPSA) is 59.4 Å². The van der Waals surface area contributed by atoms with Crippen LogP contribution in [-0.4, -0.2) is 22.7 Å². The van der Waals surface area contributed by atoms with Crippen molar-refractivity contribution in [3.63, 3.8) is 0 Å². The zero-order chi connectivity index (χ0) is 13.8. The molecule has 6 heteroatoms. The molecule has 0 atom stereocenters. The lowest BCUT2D eigenvalue weighted by molar-refractivity contribution is -0.142. The third-order valence-electron chi connectivity index (χ3n) is 2.44. The number of benzene rings is 1. The van der Waals surface area contributed by atoms with E-state index in [1.165, 1.54) is 23.5 Å². The average molecular weight is 281 g/mol. The molecule has 0 spiro atoms. The van der Waals surface area contributed by atoms with E-state index in [0.29, 0.717) is 0 Å². The number of hydrogen-bond donors (Lipinski definition) is 1. The van der Waals surface area contributed by atoms with Crippen molar-refractivity contribution in [2.75, 3.05) is 6.61 Å². The van der Waals surface area contributed by atoms with Gasteiger partial charge in [0.2, 0.25) is 0 Å². The first kappa shape index (κ1) is 13.6. The summed E-state index contributed by atoms with van der Waals surface area (Å²) in [5.74, 6) is -1.29. The van der Waals surface area contributed by atoms with E-state index in [-0.39, 0.29) is 19.0 Å². The smallest absolute Gasteiger partial charge is 0.329 e. The quantitative estimate of drug-likeness (QED) is 0.915. The standard InChI is InChI=1S/C13H12FNO3S/c1-8-11(6-18-7-12(16)17)19-13(15-8)9-2-4-10(14)5-3-9/h2-5H,6-7H2,1H3,(H,16,17). The summed E-state index contributed by atoms with van der Waals surface area (Å²) in [5.41, 5.74) is 1.63. The van der Waals surface area contributed by atoms with Gasteiger partial charge in [0.15, 0.2) is 0 Å². The Bertz CT molecular complexity index is 580. The van der Waals surface area contributed by atoms with Gasteiger partial charge in [-0.3, -0.25) is 0 Å². The molecule has 0 bridgehead atoms. The van der Waals surface area contributed by atoms with E-state index in [9.17, 15) is 9.18 Å². The van der Waals surface area contributed by atoms with Crippen molar-refractivity contribution >= 4 is 17.3 Å². The summed E-state index contributed by atoms with van der Waals surface area (Å²) < 4.78 is 17.9. The largest absolute Gasteiger partial charge is 0.480 e. The number of rotatable bonds is 5. The highest BCUT2D eigenvalue weighted by Crippen LogP contribution is 2.28. The maximum Gasteiger partial charge on any atom is 0.329 e. The van der Waals surface area contributed by atoms with E-state index < -0.39 is 5.97 Å². The zero-order valence-electron chi connectivity index (χ0n) is 10.2. The number of aryl methyl sites for hydroxylation is 1. The van der Waals surface area contributed by atoms with Crippen molar-refractivity contribution in [1.29, 1.82) is 0 Å². The fraction of sp³-hybridized carbons (Fsp3) is 0.231. The van der Waals surface area contributed by atoms with E-state index in [4.69, 9.17) is 9.84 Å². The molecule has 0 saturated heterocycles. The lowest BCUT2D eigenvalue weighted by atomic mass is 10.2. The molecule has 0 unspecified atom stereocenters. The molecule has 1 heterocycles. The highest BCUT2D eigenvalue weighted by molar-refractivity contribution is 7.15. The Labute approximate surface area is 113 Å². The van der Waals surface area contributed by atoms with Crippen molar-refractivity contribution in [3.05, 3.63) is 40.7 Å². The van der Waals surface area contributed by atoms with E-state index in [1.54, 1.807) is 12.1 Å². The summed E-state index contributed by atoms with van der Waals surface area (Å²) in [5, 5.41) is 9.27. The highest BCUT2D eigenvalue weighted by Gasteiger charge is 2.10. The van der Waals surface area contributed by atoms with Crippen LogP contribution >= 0.6 is 11.3 Å². The Morgan fingerprint density at radius 1 is 1.42 bits per heavy atom. The van der Waals surface area contributed by atoms with Gasteiger partial charge >= 0.3 is 5.97 Å². The summed E-state index contributed by atoms with van der Waals surface area (Å²) in [7, 11) is 0. The van der Waals surface area contributed by atoms with Gasteiger partial charge in [0.05, 0.1) is 17.2 Å². The van der Waals surface area contributed by atoms with Gasteiger partial charge in [-0.15, -0.1) is 11.3 Å². The van der Waals surface area contributed by atoms with Crippen LogP contribution < -0.4 is 0 Å². The number of thiazole rings is 1. The van der Waals surface area contributed by atoms with E-state index in [2.05, 4.69) is 4.98 Å². The molecular weight excluding hydrogens is 269 g/mol. The second kappa shape index (κ2) is 5.90. The van der Waals surface area contributed by atoms with Gasteiger partial charge < -0.3 is 9.84 Å². The molecule has 1 aromatic heterocycles. The van der Waals surface area contributed by atoms with Crippen LogP contribution in [0.2, 0.25) is 0 Å². The van der Waals surface area contributed by atoms with E-state index in [0.717, 1.165) is 21.1 Å². The zero-order valence-corrected chi connectivity index (χ0v) is 11.0. The first-order valence-corrected chi connectivity index (χ1v) is 6.39. The molecule has 2 aromatic rings. The number of aromatic nitrogens is 1. The number of nitrogens with zero attached hydrogens (tertiary/aromatic N) is 1. The molecule has 100 valence electrons. The summed E-state index contributed by atoms with van der Waals surface area (Å²) in [4.78, 5) is 15.6. The number of hydrogen-bond acceptors (Lipinski definition) is 4. The summed E-state index contributed by atoms with van der Waals surface area (Å²) in [6.45, 7) is 1.73. The minimum absolute atomic E-state index is 0.219. The molecule has 4 nitrogen and oxygen atoms in total. The molecule has 0 aliphatic rings. The lowest BCUT2D eigenvalue weighted by Gasteiger charge is -1.98. The monoisotopic (exact) mass is 281 g/mol. The van der Waals surface area contributed by atoms with Gasteiger partial charge in [-0.25, -0.2) is 14.2 Å². The third kappa shape index (κ3) is 3.59.